The van der Waals surface area contributed by atoms with Gasteiger partial charge in [-0.05, 0) is 47.5 Å². The van der Waals surface area contributed by atoms with Gasteiger partial charge in [0.1, 0.15) is 0 Å². The Morgan fingerprint density at radius 2 is 1.67 bits per heavy atom. The summed E-state index contributed by atoms with van der Waals surface area (Å²) in [5.74, 6) is -0.759. The molecule has 164 valence electrons. The molecule has 1 aliphatic heterocycles. The second kappa shape index (κ2) is 8.25. The van der Waals surface area contributed by atoms with Gasteiger partial charge in [0.25, 0.3) is 5.91 Å². The predicted molar refractivity (Wildman–Crippen MR) is 133 cm³/mol. The lowest BCUT2D eigenvalue weighted by Gasteiger charge is -2.23. The maximum absolute atomic E-state index is 13.6. The van der Waals surface area contributed by atoms with Crippen molar-refractivity contribution in [3.63, 3.8) is 0 Å². The fourth-order valence-corrected chi connectivity index (χ4v) is 4.78. The number of Topliss-reactive ketones (excluding diaryl/α,β-unsaturated/α-hetero) is 1. The zero-order valence-corrected chi connectivity index (χ0v) is 19.7. The Bertz CT molecular complexity index is 1400. The van der Waals surface area contributed by atoms with E-state index in [1.54, 1.807) is 17.0 Å². The van der Waals surface area contributed by atoms with E-state index in [0.29, 0.717) is 23.4 Å². The van der Waals surface area contributed by atoms with E-state index >= 15 is 0 Å². The van der Waals surface area contributed by atoms with Gasteiger partial charge in [0.05, 0.1) is 18.7 Å². The zero-order valence-electron chi connectivity index (χ0n) is 18.1. The van der Waals surface area contributed by atoms with Crippen LogP contribution in [0.15, 0.2) is 89.4 Å². The number of hydrogen-bond acceptors (Lipinski definition) is 3. The summed E-state index contributed by atoms with van der Waals surface area (Å²) < 4.78 is 0.739. The molecule has 0 bridgehead atoms. The minimum Gasteiger partial charge on any atom is -0.375 e. The number of aliphatic hydroxyl groups is 1. The number of benzene rings is 4. The Hall–Kier alpha value is -3.28. The number of carbonyl (C=O) groups excluding carboxylic acids is 2. The summed E-state index contributed by atoms with van der Waals surface area (Å²) >= 11 is 3.44. The first kappa shape index (κ1) is 21.6. The van der Waals surface area contributed by atoms with E-state index in [1.165, 1.54) is 0 Å². The van der Waals surface area contributed by atoms with Crippen LogP contribution in [-0.4, -0.2) is 16.8 Å². The predicted octanol–water partition coefficient (Wildman–Crippen LogP) is 5.92. The number of ketones is 1. The van der Waals surface area contributed by atoms with Gasteiger partial charge in [-0.15, -0.1) is 0 Å². The van der Waals surface area contributed by atoms with Crippen molar-refractivity contribution in [3.8, 4) is 0 Å². The highest BCUT2D eigenvalue weighted by Gasteiger charge is 2.51. The largest absolute Gasteiger partial charge is 0.375 e. The summed E-state index contributed by atoms with van der Waals surface area (Å²) in [6.07, 6.45) is -0.321. The number of aryl methyl sites for hydroxylation is 1. The molecule has 0 saturated carbocycles. The van der Waals surface area contributed by atoms with Gasteiger partial charge in [0.15, 0.2) is 11.4 Å². The molecule has 0 aromatic heterocycles. The molecule has 1 atom stereocenters. The lowest BCUT2D eigenvalue weighted by atomic mass is 9.87. The third-order valence-electron chi connectivity index (χ3n) is 6.24. The first-order valence-electron chi connectivity index (χ1n) is 10.8. The summed E-state index contributed by atoms with van der Waals surface area (Å²) in [6, 6.07) is 26.5. The number of carbonyl (C=O) groups is 2. The zero-order chi connectivity index (χ0) is 23.2. The maximum atomic E-state index is 13.6. The SMILES string of the molecule is Cc1ccc(CN2C(=O)C(O)(CC(=O)c3ccc4ccccc4c3)c3cc(Br)ccc32)cc1. The van der Waals surface area contributed by atoms with Gasteiger partial charge in [-0.3, -0.25) is 9.59 Å². The van der Waals surface area contributed by atoms with Gasteiger partial charge in [-0.1, -0.05) is 82.2 Å². The average molecular weight is 500 g/mol. The smallest absolute Gasteiger partial charge is 0.264 e. The number of fused-ring (bicyclic) bond motifs is 2. The summed E-state index contributed by atoms with van der Waals surface area (Å²) in [7, 11) is 0. The molecule has 1 aliphatic rings. The summed E-state index contributed by atoms with van der Waals surface area (Å²) in [5.41, 5.74) is 1.71. The highest BCUT2D eigenvalue weighted by atomic mass is 79.9. The molecule has 1 unspecified atom stereocenters. The third kappa shape index (κ3) is 3.88. The van der Waals surface area contributed by atoms with Gasteiger partial charge in [0.2, 0.25) is 0 Å². The quantitative estimate of drug-likeness (QED) is 0.346. The molecule has 0 saturated heterocycles. The second-order valence-corrected chi connectivity index (χ2v) is 9.48. The van der Waals surface area contributed by atoms with Gasteiger partial charge in [0, 0.05) is 15.6 Å². The summed E-state index contributed by atoms with van der Waals surface area (Å²) in [4.78, 5) is 28.4. The minimum absolute atomic E-state index is 0.278. The van der Waals surface area contributed by atoms with Gasteiger partial charge in [-0.2, -0.15) is 0 Å². The van der Waals surface area contributed by atoms with Gasteiger partial charge in [-0.25, -0.2) is 0 Å². The fraction of sp³-hybridized carbons (Fsp3) is 0.143. The van der Waals surface area contributed by atoms with Crippen molar-refractivity contribution < 1.29 is 14.7 Å². The monoisotopic (exact) mass is 499 g/mol. The van der Waals surface area contributed by atoms with E-state index in [0.717, 1.165) is 26.4 Å². The molecule has 0 radical (unpaired) electrons. The lowest BCUT2D eigenvalue weighted by molar-refractivity contribution is -0.136. The van der Waals surface area contributed by atoms with E-state index in [9.17, 15) is 14.7 Å². The van der Waals surface area contributed by atoms with Crippen LogP contribution in [0.1, 0.15) is 33.5 Å². The van der Waals surface area contributed by atoms with Crippen LogP contribution in [0.4, 0.5) is 5.69 Å². The number of nitrogens with zero attached hydrogens (tertiary/aromatic N) is 1. The molecule has 5 heteroatoms. The van der Waals surface area contributed by atoms with Crippen LogP contribution in [0.25, 0.3) is 10.8 Å². The fourth-order valence-electron chi connectivity index (χ4n) is 4.42. The Kier molecular flexibility index (Phi) is 5.39. The molecule has 1 heterocycles. The van der Waals surface area contributed by atoms with Crippen molar-refractivity contribution in [1.82, 2.24) is 0 Å². The molecule has 4 aromatic carbocycles. The molecular weight excluding hydrogens is 478 g/mol. The van der Waals surface area contributed by atoms with E-state index < -0.39 is 11.5 Å². The van der Waals surface area contributed by atoms with Crippen molar-refractivity contribution in [2.24, 2.45) is 0 Å². The van der Waals surface area contributed by atoms with Crippen molar-refractivity contribution in [1.29, 1.82) is 0 Å². The molecule has 1 N–H and O–H groups in total. The molecule has 0 spiro atoms. The number of anilines is 1. The second-order valence-electron chi connectivity index (χ2n) is 8.56. The first-order chi connectivity index (χ1) is 15.8. The number of rotatable bonds is 5. The Morgan fingerprint density at radius 3 is 2.42 bits per heavy atom. The number of hydrogen-bond donors (Lipinski definition) is 1. The van der Waals surface area contributed by atoms with Crippen LogP contribution in [0.3, 0.4) is 0 Å². The van der Waals surface area contributed by atoms with E-state index in [-0.39, 0.29) is 12.2 Å². The van der Waals surface area contributed by atoms with Crippen LogP contribution >= 0.6 is 15.9 Å². The van der Waals surface area contributed by atoms with Gasteiger partial charge < -0.3 is 10.0 Å². The van der Waals surface area contributed by atoms with Crippen LogP contribution < -0.4 is 4.90 Å². The molecule has 5 rings (SSSR count). The molecule has 0 fully saturated rings. The molecule has 1 amide bonds. The molecular formula is C28H22BrNO3. The number of amides is 1. The first-order valence-corrected chi connectivity index (χ1v) is 11.6. The normalized spacial score (nSPS) is 17.4. The molecule has 4 nitrogen and oxygen atoms in total. The third-order valence-corrected chi connectivity index (χ3v) is 6.74. The number of halogens is 1. The van der Waals surface area contributed by atoms with E-state index in [1.807, 2.05) is 79.7 Å². The van der Waals surface area contributed by atoms with E-state index in [4.69, 9.17) is 0 Å². The van der Waals surface area contributed by atoms with Gasteiger partial charge >= 0.3 is 0 Å². The summed E-state index contributed by atoms with van der Waals surface area (Å²) in [5, 5.41) is 13.6. The minimum atomic E-state index is -1.92. The van der Waals surface area contributed by atoms with Crippen LogP contribution in [0, 0.1) is 6.92 Å². The summed E-state index contributed by atoms with van der Waals surface area (Å²) in [6.45, 7) is 2.33. The van der Waals surface area contributed by atoms with E-state index in [2.05, 4.69) is 15.9 Å². The van der Waals surface area contributed by atoms with Crippen molar-refractivity contribution >= 4 is 44.1 Å². The standard InChI is InChI=1S/C28H22BrNO3/c1-18-6-8-19(9-7-18)17-30-25-13-12-23(29)15-24(25)28(33,27(30)32)16-26(31)22-11-10-20-4-2-3-5-21(20)14-22/h2-15,33H,16-17H2,1H3. The lowest BCUT2D eigenvalue weighted by Crippen LogP contribution is -2.41. The van der Waals surface area contributed by atoms with Crippen molar-refractivity contribution in [2.75, 3.05) is 4.90 Å². The molecule has 4 aromatic rings. The van der Waals surface area contributed by atoms with Crippen molar-refractivity contribution in [3.05, 3.63) is 112 Å². The highest BCUT2D eigenvalue weighted by molar-refractivity contribution is 9.10. The van der Waals surface area contributed by atoms with Crippen LogP contribution in [-0.2, 0) is 16.9 Å². The highest BCUT2D eigenvalue weighted by Crippen LogP contribution is 2.45. The molecule has 0 aliphatic carbocycles. The Morgan fingerprint density at radius 1 is 0.939 bits per heavy atom. The van der Waals surface area contributed by atoms with Crippen LogP contribution in [0.5, 0.6) is 0 Å². The Balaban J connectivity index is 1.50. The Labute approximate surface area is 200 Å². The maximum Gasteiger partial charge on any atom is 0.264 e. The van der Waals surface area contributed by atoms with Crippen LogP contribution in [0.2, 0.25) is 0 Å². The average Bonchev–Trinajstić information content (AvgIpc) is 3.01. The van der Waals surface area contributed by atoms with Crippen molar-refractivity contribution in [2.45, 2.75) is 25.5 Å². The topological polar surface area (TPSA) is 57.6 Å². The molecule has 33 heavy (non-hydrogen) atoms.